The van der Waals surface area contributed by atoms with Crippen LogP contribution in [-0.2, 0) is 4.79 Å². The fraction of sp³-hybridized carbons (Fsp3) is 0.667. The van der Waals surface area contributed by atoms with Crippen LogP contribution >= 0.6 is 0 Å². The topological polar surface area (TPSA) is 75.4 Å². The van der Waals surface area contributed by atoms with Crippen LogP contribution in [0.15, 0.2) is 11.8 Å². The van der Waals surface area contributed by atoms with Crippen molar-refractivity contribution in [1.82, 2.24) is 10.2 Å². The first kappa shape index (κ1) is 13.5. The number of carbonyl (C=O) groups is 2. The van der Waals surface area contributed by atoms with Crippen LogP contribution in [0, 0.1) is 5.92 Å². The van der Waals surface area contributed by atoms with Crippen molar-refractivity contribution in [3.63, 3.8) is 0 Å². The molecule has 0 radical (unpaired) electrons. The largest absolute Gasteiger partial charge is 0.369 e. The molecule has 1 saturated heterocycles. The van der Waals surface area contributed by atoms with E-state index in [0.717, 1.165) is 12.0 Å². The van der Waals surface area contributed by atoms with Gasteiger partial charge in [0.05, 0.1) is 0 Å². The van der Waals surface area contributed by atoms with Crippen molar-refractivity contribution in [2.24, 2.45) is 11.7 Å². The second-order valence-electron chi connectivity index (χ2n) is 4.46. The standard InChI is InChI=1S/C12H21N3O2/c1-3-9(2)8-14-12(17)15-6-4-10(5-7-15)11(13)16/h8,10H,3-7H2,1-2H3,(H2,13,16)(H,14,17)/b9-8+. The van der Waals surface area contributed by atoms with E-state index in [-0.39, 0.29) is 17.9 Å². The Morgan fingerprint density at radius 3 is 2.47 bits per heavy atom. The van der Waals surface area contributed by atoms with Gasteiger partial charge in [-0.15, -0.1) is 0 Å². The van der Waals surface area contributed by atoms with Gasteiger partial charge < -0.3 is 16.0 Å². The van der Waals surface area contributed by atoms with Gasteiger partial charge in [0.15, 0.2) is 0 Å². The Labute approximate surface area is 102 Å². The minimum Gasteiger partial charge on any atom is -0.369 e. The van der Waals surface area contributed by atoms with Gasteiger partial charge in [-0.25, -0.2) is 4.79 Å². The van der Waals surface area contributed by atoms with Crippen molar-refractivity contribution < 1.29 is 9.59 Å². The lowest BCUT2D eigenvalue weighted by atomic mass is 9.96. The third kappa shape index (κ3) is 4.09. The summed E-state index contributed by atoms with van der Waals surface area (Å²) in [6.45, 7) is 5.20. The second kappa shape index (κ2) is 6.27. The lowest BCUT2D eigenvalue weighted by molar-refractivity contribution is -0.122. The zero-order valence-electron chi connectivity index (χ0n) is 10.5. The van der Waals surface area contributed by atoms with E-state index in [1.807, 2.05) is 13.8 Å². The van der Waals surface area contributed by atoms with E-state index in [4.69, 9.17) is 5.73 Å². The summed E-state index contributed by atoms with van der Waals surface area (Å²) in [6.07, 6.45) is 3.99. The SMILES string of the molecule is CC/C(C)=C/NC(=O)N1CCC(C(N)=O)CC1. The molecule has 0 spiro atoms. The molecule has 1 heterocycles. The number of hydrogen-bond acceptors (Lipinski definition) is 2. The van der Waals surface area contributed by atoms with E-state index in [1.165, 1.54) is 0 Å². The summed E-state index contributed by atoms with van der Waals surface area (Å²) in [4.78, 5) is 24.4. The molecule has 0 bridgehead atoms. The van der Waals surface area contributed by atoms with E-state index in [0.29, 0.717) is 25.9 Å². The average molecular weight is 239 g/mol. The number of amides is 3. The molecule has 1 rings (SSSR count). The second-order valence-corrected chi connectivity index (χ2v) is 4.46. The van der Waals surface area contributed by atoms with E-state index in [2.05, 4.69) is 5.32 Å². The number of carbonyl (C=O) groups excluding carboxylic acids is 2. The van der Waals surface area contributed by atoms with Gasteiger partial charge >= 0.3 is 6.03 Å². The monoisotopic (exact) mass is 239 g/mol. The van der Waals surface area contributed by atoms with Crippen molar-refractivity contribution in [3.8, 4) is 0 Å². The normalized spacial score (nSPS) is 18.0. The third-order valence-corrected chi connectivity index (χ3v) is 3.18. The van der Waals surface area contributed by atoms with E-state index in [9.17, 15) is 9.59 Å². The smallest absolute Gasteiger partial charge is 0.321 e. The maximum Gasteiger partial charge on any atom is 0.321 e. The van der Waals surface area contributed by atoms with Crippen LogP contribution in [0.4, 0.5) is 4.79 Å². The molecular weight excluding hydrogens is 218 g/mol. The molecule has 0 aliphatic carbocycles. The van der Waals surface area contributed by atoms with Crippen molar-refractivity contribution in [3.05, 3.63) is 11.8 Å². The molecule has 0 aromatic carbocycles. The molecule has 1 aliphatic heterocycles. The molecule has 0 aromatic rings. The van der Waals surface area contributed by atoms with Crippen molar-refractivity contribution in [2.75, 3.05) is 13.1 Å². The maximum atomic E-state index is 11.7. The van der Waals surface area contributed by atoms with Crippen molar-refractivity contribution >= 4 is 11.9 Å². The van der Waals surface area contributed by atoms with Gasteiger partial charge in [-0.05, 0) is 26.2 Å². The molecule has 1 fully saturated rings. The molecule has 5 nitrogen and oxygen atoms in total. The number of primary amides is 1. The predicted octanol–water partition coefficient (Wildman–Crippen LogP) is 1.21. The first-order valence-corrected chi connectivity index (χ1v) is 6.05. The Hall–Kier alpha value is -1.52. The van der Waals surface area contributed by atoms with Gasteiger partial charge in [-0.3, -0.25) is 4.79 Å². The lowest BCUT2D eigenvalue weighted by Gasteiger charge is -2.30. The van der Waals surface area contributed by atoms with Crippen LogP contribution in [0.3, 0.4) is 0 Å². The molecule has 5 heteroatoms. The Morgan fingerprint density at radius 1 is 1.41 bits per heavy atom. The highest BCUT2D eigenvalue weighted by atomic mass is 16.2. The molecule has 0 unspecified atom stereocenters. The van der Waals surface area contributed by atoms with Crippen LogP contribution < -0.4 is 11.1 Å². The van der Waals surface area contributed by atoms with Gasteiger partial charge in [-0.1, -0.05) is 12.5 Å². The maximum absolute atomic E-state index is 11.7. The van der Waals surface area contributed by atoms with Crippen molar-refractivity contribution in [1.29, 1.82) is 0 Å². The van der Waals surface area contributed by atoms with Crippen LogP contribution in [-0.4, -0.2) is 29.9 Å². The summed E-state index contributed by atoms with van der Waals surface area (Å²) in [7, 11) is 0. The molecule has 3 amide bonds. The first-order chi connectivity index (χ1) is 8.04. The predicted molar refractivity (Wildman–Crippen MR) is 66.1 cm³/mol. The molecule has 96 valence electrons. The Bertz CT molecular complexity index is 318. The Balaban J connectivity index is 2.38. The average Bonchev–Trinajstić information content (AvgIpc) is 2.35. The quantitative estimate of drug-likeness (QED) is 0.776. The minimum absolute atomic E-state index is 0.0769. The number of nitrogens with zero attached hydrogens (tertiary/aromatic N) is 1. The highest BCUT2D eigenvalue weighted by Crippen LogP contribution is 2.16. The van der Waals surface area contributed by atoms with Crippen molar-refractivity contribution in [2.45, 2.75) is 33.1 Å². The molecule has 17 heavy (non-hydrogen) atoms. The molecule has 0 atom stereocenters. The van der Waals surface area contributed by atoms with Gasteiger partial charge in [0.25, 0.3) is 0 Å². The highest BCUT2D eigenvalue weighted by molar-refractivity contribution is 5.78. The lowest BCUT2D eigenvalue weighted by Crippen LogP contribution is -2.45. The number of rotatable bonds is 3. The number of hydrogen-bond donors (Lipinski definition) is 2. The number of nitrogens with two attached hydrogens (primary N) is 1. The van der Waals surface area contributed by atoms with Gasteiger partial charge in [-0.2, -0.15) is 0 Å². The van der Waals surface area contributed by atoms with Gasteiger partial charge in [0.2, 0.25) is 5.91 Å². The van der Waals surface area contributed by atoms with E-state index >= 15 is 0 Å². The van der Waals surface area contributed by atoms with E-state index in [1.54, 1.807) is 11.1 Å². The summed E-state index contributed by atoms with van der Waals surface area (Å²) >= 11 is 0. The summed E-state index contributed by atoms with van der Waals surface area (Å²) in [6, 6.07) is -0.0966. The minimum atomic E-state index is -0.258. The van der Waals surface area contributed by atoms with Crippen LogP contribution in [0.1, 0.15) is 33.1 Å². The molecule has 3 N–H and O–H groups in total. The molecule has 0 aromatic heterocycles. The summed E-state index contributed by atoms with van der Waals surface area (Å²) in [5, 5.41) is 2.76. The summed E-state index contributed by atoms with van der Waals surface area (Å²) in [5.41, 5.74) is 6.37. The molecular formula is C12H21N3O2. The molecule has 0 saturated carbocycles. The first-order valence-electron chi connectivity index (χ1n) is 6.05. The fourth-order valence-corrected chi connectivity index (χ4v) is 1.75. The van der Waals surface area contributed by atoms with Crippen LogP contribution in [0.2, 0.25) is 0 Å². The number of nitrogens with one attached hydrogen (secondary N) is 1. The summed E-state index contributed by atoms with van der Waals surface area (Å²) in [5.74, 6) is -0.334. The fourth-order valence-electron chi connectivity index (χ4n) is 1.75. The van der Waals surface area contributed by atoms with Crippen LogP contribution in [0.25, 0.3) is 0 Å². The Kier molecular flexibility index (Phi) is 5.00. The number of likely N-dealkylation sites (tertiary alicyclic amines) is 1. The van der Waals surface area contributed by atoms with E-state index < -0.39 is 0 Å². The highest BCUT2D eigenvalue weighted by Gasteiger charge is 2.25. The molecule has 1 aliphatic rings. The van der Waals surface area contributed by atoms with Gasteiger partial charge in [0.1, 0.15) is 0 Å². The zero-order valence-corrected chi connectivity index (χ0v) is 10.5. The Morgan fingerprint density at radius 2 is 2.00 bits per heavy atom. The number of urea groups is 1. The third-order valence-electron chi connectivity index (χ3n) is 3.18. The van der Waals surface area contributed by atoms with Crippen LogP contribution in [0.5, 0.6) is 0 Å². The summed E-state index contributed by atoms with van der Waals surface area (Å²) < 4.78 is 0. The number of piperidine rings is 1. The zero-order chi connectivity index (χ0) is 12.8. The van der Waals surface area contributed by atoms with Gasteiger partial charge in [0, 0.05) is 25.2 Å². The number of allylic oxidation sites excluding steroid dienone is 1.